The molecule has 2 atom stereocenters. The van der Waals surface area contributed by atoms with Gasteiger partial charge in [-0.05, 0) is 49.7 Å². The summed E-state index contributed by atoms with van der Waals surface area (Å²) >= 11 is 0. The predicted molar refractivity (Wildman–Crippen MR) is 150 cm³/mol. The summed E-state index contributed by atoms with van der Waals surface area (Å²) in [6.45, 7) is 6.96. The van der Waals surface area contributed by atoms with Crippen LogP contribution in [0, 0.1) is 5.82 Å². The average Bonchev–Trinajstić information content (AvgIpc) is 3.35. The molecule has 1 fully saturated rings. The van der Waals surface area contributed by atoms with Crippen LogP contribution in [0.25, 0.3) is 5.69 Å². The number of imidazole rings is 1. The van der Waals surface area contributed by atoms with Gasteiger partial charge in [0.15, 0.2) is 0 Å². The fraction of sp³-hybridized carbons (Fsp3) is 0.290. The lowest BCUT2D eigenvalue weighted by atomic mass is 10.0. The Labute approximate surface area is 227 Å². The third-order valence-corrected chi connectivity index (χ3v) is 7.37. The van der Waals surface area contributed by atoms with E-state index in [-0.39, 0.29) is 17.5 Å². The zero-order chi connectivity index (χ0) is 27.4. The van der Waals surface area contributed by atoms with Crippen molar-refractivity contribution in [3.8, 4) is 5.69 Å². The zero-order valence-corrected chi connectivity index (χ0v) is 22.2. The number of anilines is 1. The molecule has 1 aliphatic heterocycles. The summed E-state index contributed by atoms with van der Waals surface area (Å²) in [5.74, 6) is -0.547. The molecule has 3 aromatic carbocycles. The van der Waals surface area contributed by atoms with E-state index in [1.165, 1.54) is 10.6 Å². The highest BCUT2D eigenvalue weighted by Gasteiger charge is 2.31. The second-order valence-electron chi connectivity index (χ2n) is 9.66. The Kier molecular flexibility index (Phi) is 7.93. The maximum Gasteiger partial charge on any atom is 0.333 e. The maximum absolute atomic E-state index is 14.3. The second kappa shape index (κ2) is 11.7. The maximum atomic E-state index is 14.3. The first kappa shape index (κ1) is 26.4. The largest absolute Gasteiger partial charge is 0.465 e. The minimum Gasteiger partial charge on any atom is -0.465 e. The molecular formula is C31H33FN4O3. The molecule has 5 rings (SSSR count). The van der Waals surface area contributed by atoms with Gasteiger partial charge in [-0.25, -0.2) is 14.0 Å². The van der Waals surface area contributed by atoms with Gasteiger partial charge in [0.2, 0.25) is 0 Å². The van der Waals surface area contributed by atoms with Crippen molar-refractivity contribution in [1.82, 2.24) is 14.0 Å². The van der Waals surface area contributed by atoms with Gasteiger partial charge in [-0.1, -0.05) is 48.5 Å². The average molecular weight is 529 g/mol. The van der Waals surface area contributed by atoms with Gasteiger partial charge in [0.05, 0.1) is 18.3 Å². The van der Waals surface area contributed by atoms with E-state index in [2.05, 4.69) is 9.80 Å². The predicted octanol–water partition coefficient (Wildman–Crippen LogP) is 4.81. The quantitative estimate of drug-likeness (QED) is 0.307. The van der Waals surface area contributed by atoms with Crippen LogP contribution in [0.15, 0.2) is 96.1 Å². The van der Waals surface area contributed by atoms with Crippen molar-refractivity contribution in [2.45, 2.75) is 25.9 Å². The van der Waals surface area contributed by atoms with Crippen LogP contribution < -0.4 is 10.6 Å². The van der Waals surface area contributed by atoms with Crippen LogP contribution >= 0.6 is 0 Å². The highest BCUT2D eigenvalue weighted by molar-refractivity contribution is 5.77. The van der Waals surface area contributed by atoms with Crippen LogP contribution in [0.3, 0.4) is 0 Å². The van der Waals surface area contributed by atoms with E-state index >= 15 is 0 Å². The molecule has 202 valence electrons. The van der Waals surface area contributed by atoms with Crippen molar-refractivity contribution in [3.63, 3.8) is 0 Å². The van der Waals surface area contributed by atoms with E-state index in [4.69, 9.17) is 4.74 Å². The molecule has 1 aromatic heterocycles. The van der Waals surface area contributed by atoms with E-state index in [1.807, 2.05) is 68.4 Å². The number of carbonyl (C=O) groups excluding carboxylic acids is 1. The molecule has 0 spiro atoms. The standard InChI is InChI=1S/C31H33FN4O3/c1-3-39-30(37)29(24-9-5-4-6-10-24)34-19-17-33(18-20-34)25-13-15-26(16-14-25)36-22-21-35(31(36)38)23(2)27-11-7-8-12-28(27)32/h4-16,21-23,29H,3,17-20H2,1-2H3/t23-,29?/m1/s1. The van der Waals surface area contributed by atoms with E-state index in [9.17, 15) is 14.0 Å². The topological polar surface area (TPSA) is 59.7 Å². The first-order valence-electron chi connectivity index (χ1n) is 13.3. The normalized spacial score (nSPS) is 15.6. The Balaban J connectivity index is 1.27. The molecule has 39 heavy (non-hydrogen) atoms. The fourth-order valence-electron chi connectivity index (χ4n) is 5.26. The van der Waals surface area contributed by atoms with Gasteiger partial charge >= 0.3 is 11.7 Å². The molecule has 0 N–H and O–H groups in total. The number of halogens is 1. The molecule has 8 heteroatoms. The molecule has 0 aliphatic carbocycles. The third-order valence-electron chi connectivity index (χ3n) is 7.37. The van der Waals surface area contributed by atoms with Crippen molar-refractivity contribution in [2.24, 2.45) is 0 Å². The molecule has 0 radical (unpaired) electrons. The first-order chi connectivity index (χ1) is 19.0. The van der Waals surface area contributed by atoms with Crippen molar-refractivity contribution in [2.75, 3.05) is 37.7 Å². The lowest BCUT2D eigenvalue weighted by Gasteiger charge is -2.39. The fourth-order valence-corrected chi connectivity index (χ4v) is 5.26. The Hall–Kier alpha value is -4.17. The summed E-state index contributed by atoms with van der Waals surface area (Å²) in [6.07, 6.45) is 3.41. The minimum absolute atomic E-state index is 0.219. The Bertz CT molecular complexity index is 1460. The van der Waals surface area contributed by atoms with Crippen LogP contribution in [0.5, 0.6) is 0 Å². The highest BCUT2D eigenvalue weighted by atomic mass is 19.1. The first-order valence-corrected chi connectivity index (χ1v) is 13.3. The molecule has 0 saturated carbocycles. The highest BCUT2D eigenvalue weighted by Crippen LogP contribution is 2.26. The molecule has 0 bridgehead atoms. The number of hydrogen-bond acceptors (Lipinski definition) is 5. The van der Waals surface area contributed by atoms with Crippen molar-refractivity contribution < 1.29 is 13.9 Å². The van der Waals surface area contributed by atoms with Gasteiger partial charge < -0.3 is 9.64 Å². The molecule has 1 saturated heterocycles. The van der Waals surface area contributed by atoms with Crippen LogP contribution in [0.2, 0.25) is 0 Å². The van der Waals surface area contributed by atoms with Crippen LogP contribution in [-0.2, 0) is 9.53 Å². The number of hydrogen-bond donors (Lipinski definition) is 0. The third kappa shape index (κ3) is 5.52. The smallest absolute Gasteiger partial charge is 0.333 e. The molecular weight excluding hydrogens is 495 g/mol. The number of nitrogens with zero attached hydrogens (tertiary/aromatic N) is 4. The van der Waals surface area contributed by atoms with Gasteiger partial charge in [-0.15, -0.1) is 0 Å². The number of ether oxygens (including phenoxy) is 1. The summed E-state index contributed by atoms with van der Waals surface area (Å²) in [7, 11) is 0. The van der Waals surface area contributed by atoms with Gasteiger partial charge in [0.25, 0.3) is 0 Å². The minimum atomic E-state index is -0.426. The van der Waals surface area contributed by atoms with Crippen LogP contribution in [0.4, 0.5) is 10.1 Å². The van der Waals surface area contributed by atoms with E-state index in [1.54, 1.807) is 35.2 Å². The van der Waals surface area contributed by atoms with Gasteiger partial charge in [-0.3, -0.25) is 14.0 Å². The van der Waals surface area contributed by atoms with Crippen LogP contribution in [0.1, 0.15) is 37.1 Å². The monoisotopic (exact) mass is 528 g/mol. The number of carbonyl (C=O) groups is 1. The zero-order valence-electron chi connectivity index (χ0n) is 22.2. The summed E-state index contributed by atoms with van der Waals surface area (Å²) in [5.41, 5.74) is 2.99. The number of esters is 1. The molecule has 1 aliphatic rings. The summed E-state index contributed by atoms with van der Waals surface area (Å²) in [5, 5.41) is 0. The molecule has 1 unspecified atom stereocenters. The van der Waals surface area contributed by atoms with Gasteiger partial charge in [0, 0.05) is 49.8 Å². The summed E-state index contributed by atoms with van der Waals surface area (Å²) in [4.78, 5) is 30.4. The van der Waals surface area contributed by atoms with Gasteiger partial charge in [0.1, 0.15) is 11.9 Å². The van der Waals surface area contributed by atoms with Crippen LogP contribution in [-0.4, -0.2) is 52.8 Å². The lowest BCUT2D eigenvalue weighted by Crippen LogP contribution is -2.49. The van der Waals surface area contributed by atoms with Gasteiger partial charge in [-0.2, -0.15) is 0 Å². The number of benzene rings is 3. The number of rotatable bonds is 8. The van der Waals surface area contributed by atoms with Crippen molar-refractivity contribution in [1.29, 1.82) is 0 Å². The Morgan fingerprint density at radius 1 is 0.872 bits per heavy atom. The van der Waals surface area contributed by atoms with E-state index < -0.39 is 12.1 Å². The molecule has 2 heterocycles. The molecule has 4 aromatic rings. The SMILES string of the molecule is CCOC(=O)C(c1ccccc1)N1CCN(c2ccc(-n3ccn([C@H](C)c4ccccc4F)c3=O)cc2)CC1. The molecule has 7 nitrogen and oxygen atoms in total. The Morgan fingerprint density at radius 2 is 1.51 bits per heavy atom. The lowest BCUT2D eigenvalue weighted by molar-refractivity contribution is -0.150. The van der Waals surface area contributed by atoms with Crippen molar-refractivity contribution >= 4 is 11.7 Å². The Morgan fingerprint density at radius 3 is 2.18 bits per heavy atom. The number of piperazine rings is 1. The molecule has 0 amide bonds. The van der Waals surface area contributed by atoms with Crippen molar-refractivity contribution in [3.05, 3.63) is 119 Å². The second-order valence-corrected chi connectivity index (χ2v) is 9.66. The summed E-state index contributed by atoms with van der Waals surface area (Å²) < 4.78 is 22.8. The van der Waals surface area contributed by atoms with E-state index in [0.717, 1.165) is 43.1 Å². The summed E-state index contributed by atoms with van der Waals surface area (Å²) in [6, 6.07) is 23.3. The number of aromatic nitrogens is 2. The van der Waals surface area contributed by atoms with E-state index in [0.29, 0.717) is 12.2 Å².